The molecule has 5 nitrogen and oxygen atoms in total. The lowest BCUT2D eigenvalue weighted by atomic mass is 10.0. The Kier molecular flexibility index (Phi) is 3.32. The van der Waals surface area contributed by atoms with Crippen molar-refractivity contribution in [3.63, 3.8) is 0 Å². The van der Waals surface area contributed by atoms with Crippen molar-refractivity contribution in [1.29, 1.82) is 0 Å². The summed E-state index contributed by atoms with van der Waals surface area (Å²) < 4.78 is 16.1. The van der Waals surface area contributed by atoms with Crippen LogP contribution in [0.3, 0.4) is 0 Å². The van der Waals surface area contributed by atoms with Gasteiger partial charge in [-0.25, -0.2) is 0 Å². The van der Waals surface area contributed by atoms with E-state index in [1.165, 1.54) is 0 Å². The molecule has 2 N–H and O–H groups in total. The summed E-state index contributed by atoms with van der Waals surface area (Å²) in [5, 5.41) is 20.0. The van der Waals surface area contributed by atoms with Gasteiger partial charge in [-0.2, -0.15) is 0 Å². The molecular formula is C13H16O5. The first-order valence-corrected chi connectivity index (χ1v) is 6.04. The van der Waals surface area contributed by atoms with Crippen LogP contribution >= 0.6 is 0 Å². The van der Waals surface area contributed by atoms with Gasteiger partial charge in [-0.05, 0) is 5.56 Å². The fraction of sp³-hybridized carbons (Fsp3) is 0.538. The van der Waals surface area contributed by atoms with Gasteiger partial charge in [0.25, 0.3) is 0 Å². The first-order chi connectivity index (χ1) is 8.75. The Morgan fingerprint density at radius 1 is 1.17 bits per heavy atom. The monoisotopic (exact) mass is 252 g/mol. The number of aliphatic hydroxyl groups excluding tert-OH is 2. The highest BCUT2D eigenvalue weighted by Crippen LogP contribution is 2.30. The molecule has 1 aromatic rings. The highest BCUT2D eigenvalue weighted by Gasteiger charge is 2.50. The van der Waals surface area contributed by atoms with Crippen molar-refractivity contribution in [2.24, 2.45) is 0 Å². The smallest absolute Gasteiger partial charge is 0.186 e. The van der Waals surface area contributed by atoms with E-state index in [1.54, 1.807) is 0 Å². The number of hydrogen-bond acceptors (Lipinski definition) is 5. The van der Waals surface area contributed by atoms with Crippen molar-refractivity contribution in [3.8, 4) is 0 Å². The second kappa shape index (κ2) is 4.95. The Bertz CT molecular complexity index is 380. The minimum absolute atomic E-state index is 0.300. The molecular weight excluding hydrogens is 236 g/mol. The molecule has 2 aliphatic heterocycles. The minimum atomic E-state index is -0.956. The number of hydrogen-bond donors (Lipinski definition) is 2. The van der Waals surface area contributed by atoms with E-state index in [9.17, 15) is 10.2 Å². The average molecular weight is 252 g/mol. The summed E-state index contributed by atoms with van der Waals surface area (Å²) in [4.78, 5) is 0. The maximum atomic E-state index is 10.0. The minimum Gasteiger partial charge on any atom is -0.387 e. The SMILES string of the molecule is OC1[C@H]2OC[C@H](O2)[C@@H](O)[C@@H]1OCc1ccccc1. The lowest BCUT2D eigenvalue weighted by Gasteiger charge is -2.35. The molecule has 0 aromatic heterocycles. The van der Waals surface area contributed by atoms with Crippen LogP contribution in [-0.4, -0.2) is 47.5 Å². The van der Waals surface area contributed by atoms with Gasteiger partial charge in [-0.15, -0.1) is 0 Å². The molecule has 2 heterocycles. The largest absolute Gasteiger partial charge is 0.387 e. The molecule has 1 aromatic carbocycles. The fourth-order valence-corrected chi connectivity index (χ4v) is 2.33. The predicted octanol–water partition coefficient (Wildman–Crippen LogP) is 0.0487. The van der Waals surface area contributed by atoms with Crippen molar-refractivity contribution in [3.05, 3.63) is 35.9 Å². The number of benzene rings is 1. The van der Waals surface area contributed by atoms with Crippen molar-refractivity contribution < 1.29 is 24.4 Å². The second-order valence-electron chi connectivity index (χ2n) is 4.62. The van der Waals surface area contributed by atoms with Crippen LogP contribution in [0.5, 0.6) is 0 Å². The van der Waals surface area contributed by atoms with Crippen LogP contribution in [0, 0.1) is 0 Å². The van der Waals surface area contributed by atoms with E-state index in [1.807, 2.05) is 30.3 Å². The highest BCUT2D eigenvalue weighted by atomic mass is 16.7. The molecule has 2 fully saturated rings. The van der Waals surface area contributed by atoms with Crippen molar-refractivity contribution >= 4 is 0 Å². The van der Waals surface area contributed by atoms with Crippen LogP contribution < -0.4 is 0 Å². The zero-order valence-electron chi connectivity index (χ0n) is 9.81. The van der Waals surface area contributed by atoms with E-state index in [2.05, 4.69) is 0 Å². The van der Waals surface area contributed by atoms with Gasteiger partial charge in [0.05, 0.1) is 13.2 Å². The van der Waals surface area contributed by atoms with Crippen LogP contribution in [0.4, 0.5) is 0 Å². The molecule has 0 radical (unpaired) electrons. The zero-order valence-corrected chi connectivity index (χ0v) is 9.81. The first kappa shape index (κ1) is 12.1. The molecule has 2 bridgehead atoms. The van der Waals surface area contributed by atoms with Crippen molar-refractivity contribution in [2.75, 3.05) is 6.61 Å². The zero-order chi connectivity index (χ0) is 12.5. The molecule has 1 unspecified atom stereocenters. The Labute approximate surface area is 105 Å². The van der Waals surface area contributed by atoms with E-state index >= 15 is 0 Å². The maximum Gasteiger partial charge on any atom is 0.186 e. The Morgan fingerprint density at radius 3 is 2.72 bits per heavy atom. The van der Waals surface area contributed by atoms with Crippen molar-refractivity contribution in [1.82, 2.24) is 0 Å². The molecule has 5 atom stereocenters. The normalized spacial score (nSPS) is 38.9. The summed E-state index contributed by atoms with van der Waals surface area (Å²) in [6, 6.07) is 9.63. The first-order valence-electron chi connectivity index (χ1n) is 6.04. The number of fused-ring (bicyclic) bond motifs is 2. The fourth-order valence-electron chi connectivity index (χ4n) is 2.33. The molecule has 5 heteroatoms. The number of rotatable bonds is 3. The highest BCUT2D eigenvalue weighted by molar-refractivity contribution is 5.13. The summed E-state index contributed by atoms with van der Waals surface area (Å²) >= 11 is 0. The van der Waals surface area contributed by atoms with Crippen molar-refractivity contribution in [2.45, 2.75) is 37.3 Å². The molecule has 98 valence electrons. The van der Waals surface area contributed by atoms with Gasteiger partial charge in [0.15, 0.2) is 6.29 Å². The molecule has 0 spiro atoms. The summed E-state index contributed by atoms with van der Waals surface area (Å²) in [5.41, 5.74) is 0.997. The van der Waals surface area contributed by atoms with Gasteiger partial charge in [0.2, 0.25) is 0 Å². The summed E-state index contributed by atoms with van der Waals surface area (Å²) in [6.07, 6.45) is -3.57. The molecule has 18 heavy (non-hydrogen) atoms. The van der Waals surface area contributed by atoms with Gasteiger partial charge in [-0.1, -0.05) is 30.3 Å². The van der Waals surface area contributed by atoms with E-state index in [4.69, 9.17) is 14.2 Å². The van der Waals surface area contributed by atoms with E-state index in [0.717, 1.165) is 5.56 Å². The van der Waals surface area contributed by atoms with Crippen LogP contribution in [0.2, 0.25) is 0 Å². The topological polar surface area (TPSA) is 68.2 Å². The van der Waals surface area contributed by atoms with Gasteiger partial charge in [-0.3, -0.25) is 0 Å². The number of ether oxygens (including phenoxy) is 3. The summed E-state index contributed by atoms with van der Waals surface area (Å²) in [6.45, 7) is 0.646. The second-order valence-corrected chi connectivity index (χ2v) is 4.62. The Hall–Kier alpha value is -0.980. The van der Waals surface area contributed by atoms with Crippen LogP contribution in [0.1, 0.15) is 5.56 Å². The predicted molar refractivity (Wildman–Crippen MR) is 61.6 cm³/mol. The van der Waals surface area contributed by atoms with E-state index in [0.29, 0.717) is 13.2 Å². The molecule has 0 saturated carbocycles. The average Bonchev–Trinajstić information content (AvgIpc) is 2.85. The van der Waals surface area contributed by atoms with Crippen LogP contribution in [0.25, 0.3) is 0 Å². The van der Waals surface area contributed by atoms with E-state index < -0.39 is 30.7 Å². The van der Waals surface area contributed by atoms with Crippen LogP contribution in [0.15, 0.2) is 30.3 Å². The molecule has 0 amide bonds. The Balaban J connectivity index is 1.65. The third-order valence-electron chi connectivity index (χ3n) is 3.35. The molecule has 0 aliphatic carbocycles. The van der Waals surface area contributed by atoms with Gasteiger partial charge >= 0.3 is 0 Å². The Morgan fingerprint density at radius 2 is 1.94 bits per heavy atom. The van der Waals surface area contributed by atoms with Gasteiger partial charge in [0, 0.05) is 0 Å². The molecule has 3 rings (SSSR count). The number of aliphatic hydroxyl groups is 2. The van der Waals surface area contributed by atoms with E-state index in [-0.39, 0.29) is 0 Å². The van der Waals surface area contributed by atoms with Gasteiger partial charge < -0.3 is 24.4 Å². The lowest BCUT2D eigenvalue weighted by molar-refractivity contribution is -0.242. The summed E-state index contributed by atoms with van der Waals surface area (Å²) in [7, 11) is 0. The maximum absolute atomic E-state index is 10.0. The standard InChI is InChI=1S/C13H16O5/c14-10-9-7-17-13(18-9)11(15)12(10)16-6-8-4-2-1-3-5-8/h1-5,9-15H,6-7H2/t9-,10+,11?,12-,13-/m0/s1. The van der Waals surface area contributed by atoms with Gasteiger partial charge in [0.1, 0.15) is 24.4 Å². The summed E-state index contributed by atoms with van der Waals surface area (Å²) in [5.74, 6) is 0. The molecule has 2 saturated heterocycles. The molecule has 2 aliphatic rings. The van der Waals surface area contributed by atoms with Crippen LogP contribution in [-0.2, 0) is 20.8 Å². The third-order valence-corrected chi connectivity index (χ3v) is 3.35. The quantitative estimate of drug-likeness (QED) is 0.795. The third kappa shape index (κ3) is 2.15. The lowest BCUT2D eigenvalue weighted by Crippen LogP contribution is -2.54.